The number of hydrogen-bond acceptors (Lipinski definition) is 3. The molecule has 0 bridgehead atoms. The topological polar surface area (TPSA) is 57.2 Å². The van der Waals surface area contributed by atoms with Crippen LogP contribution in [-0.4, -0.2) is 68.1 Å². The second-order valence-corrected chi connectivity index (χ2v) is 6.71. The Kier molecular flexibility index (Phi) is 10.7. The molecule has 0 atom stereocenters. The summed E-state index contributed by atoms with van der Waals surface area (Å²) in [4.78, 5) is 20.6. The van der Waals surface area contributed by atoms with Gasteiger partial charge in [-0.3, -0.25) is 4.79 Å². The summed E-state index contributed by atoms with van der Waals surface area (Å²) in [6.45, 7) is 8.30. The molecule has 152 valence electrons. The van der Waals surface area contributed by atoms with E-state index in [9.17, 15) is 4.79 Å². The average Bonchev–Trinajstić information content (AvgIpc) is 2.66. The van der Waals surface area contributed by atoms with E-state index in [1.165, 1.54) is 0 Å². The molecule has 0 aliphatic carbocycles. The summed E-state index contributed by atoms with van der Waals surface area (Å²) in [7, 11) is 3.52. The van der Waals surface area contributed by atoms with Gasteiger partial charge in [0.15, 0.2) is 5.96 Å². The van der Waals surface area contributed by atoms with Gasteiger partial charge in [0.05, 0.1) is 12.6 Å². The maximum absolute atomic E-state index is 12.0. The van der Waals surface area contributed by atoms with Crippen molar-refractivity contribution in [3.8, 4) is 0 Å². The van der Waals surface area contributed by atoms with Crippen molar-refractivity contribution in [3.05, 3.63) is 35.4 Å². The van der Waals surface area contributed by atoms with Crippen LogP contribution in [0.4, 0.5) is 0 Å². The first-order valence-electron chi connectivity index (χ1n) is 9.50. The van der Waals surface area contributed by atoms with Crippen LogP contribution < -0.4 is 5.32 Å². The largest absolute Gasteiger partial charge is 0.378 e. The van der Waals surface area contributed by atoms with E-state index in [-0.39, 0.29) is 29.9 Å². The van der Waals surface area contributed by atoms with Crippen molar-refractivity contribution in [3.63, 3.8) is 0 Å². The van der Waals surface area contributed by atoms with Crippen molar-refractivity contribution in [1.82, 2.24) is 15.1 Å². The average molecular weight is 488 g/mol. The number of piperidine rings is 1. The predicted octanol–water partition coefficient (Wildman–Crippen LogP) is 2.97. The number of hydrogen-bond donors (Lipinski definition) is 1. The minimum absolute atomic E-state index is 0. The molecule has 0 spiro atoms. The van der Waals surface area contributed by atoms with Gasteiger partial charge in [-0.25, -0.2) is 4.99 Å². The van der Waals surface area contributed by atoms with E-state index in [4.69, 9.17) is 9.73 Å². The number of halogens is 1. The zero-order chi connectivity index (χ0) is 18.9. The summed E-state index contributed by atoms with van der Waals surface area (Å²) in [6, 6.07) is 7.69. The van der Waals surface area contributed by atoms with Gasteiger partial charge >= 0.3 is 0 Å². The molecule has 1 saturated heterocycles. The van der Waals surface area contributed by atoms with Crippen molar-refractivity contribution >= 4 is 35.8 Å². The molecular formula is C20H33IN4O2. The van der Waals surface area contributed by atoms with Crippen molar-refractivity contribution in [2.75, 3.05) is 40.3 Å². The van der Waals surface area contributed by atoms with Gasteiger partial charge < -0.3 is 19.9 Å². The number of nitrogens with one attached hydrogen (secondary N) is 1. The quantitative estimate of drug-likeness (QED) is 0.380. The number of carbonyl (C=O) groups is 1. The van der Waals surface area contributed by atoms with Crippen LogP contribution in [0.15, 0.2) is 29.3 Å². The van der Waals surface area contributed by atoms with E-state index in [2.05, 4.69) is 24.1 Å². The number of rotatable bonds is 6. The van der Waals surface area contributed by atoms with Crippen molar-refractivity contribution < 1.29 is 9.53 Å². The lowest BCUT2D eigenvalue weighted by Gasteiger charge is -2.34. The second kappa shape index (κ2) is 12.2. The predicted molar refractivity (Wildman–Crippen MR) is 121 cm³/mol. The van der Waals surface area contributed by atoms with E-state index in [1.54, 1.807) is 19.0 Å². The Balaban J connectivity index is 0.00000364. The van der Waals surface area contributed by atoms with Gasteiger partial charge in [-0.05, 0) is 44.4 Å². The lowest BCUT2D eigenvalue weighted by molar-refractivity contribution is 0.0263. The molecule has 1 aromatic rings. The van der Waals surface area contributed by atoms with Crippen LogP contribution in [0.25, 0.3) is 0 Å². The third-order valence-electron chi connectivity index (χ3n) is 4.50. The fraction of sp³-hybridized carbons (Fsp3) is 0.600. The van der Waals surface area contributed by atoms with Gasteiger partial charge in [-0.2, -0.15) is 0 Å². The number of guanidine groups is 1. The second-order valence-electron chi connectivity index (χ2n) is 6.71. The fourth-order valence-electron chi connectivity index (χ4n) is 3.07. The molecule has 0 unspecified atom stereocenters. The zero-order valence-electron chi connectivity index (χ0n) is 16.9. The Morgan fingerprint density at radius 2 is 1.85 bits per heavy atom. The molecule has 1 heterocycles. The van der Waals surface area contributed by atoms with E-state index in [0.717, 1.165) is 50.6 Å². The van der Waals surface area contributed by atoms with Crippen molar-refractivity contribution in [2.45, 2.75) is 39.3 Å². The number of ether oxygens (including phenoxy) is 1. The standard InChI is InChI=1S/C20H32N4O2.HI/c1-5-21-20(24-13-11-18(12-14-24)26-6-2)22-15-16-7-9-17(10-8-16)19(25)23(3)4;/h7-10,18H,5-6,11-15H2,1-4H3,(H,21,22);1H. The minimum Gasteiger partial charge on any atom is -0.378 e. The van der Waals surface area contributed by atoms with Crippen molar-refractivity contribution in [2.24, 2.45) is 4.99 Å². The summed E-state index contributed by atoms with van der Waals surface area (Å²) in [5, 5.41) is 3.39. The van der Waals surface area contributed by atoms with Gasteiger partial charge in [0.1, 0.15) is 0 Å². The molecule has 1 aromatic carbocycles. The Morgan fingerprint density at radius 3 is 2.37 bits per heavy atom. The number of amides is 1. The number of carbonyl (C=O) groups excluding carboxylic acids is 1. The molecule has 27 heavy (non-hydrogen) atoms. The molecule has 1 N–H and O–H groups in total. The summed E-state index contributed by atoms with van der Waals surface area (Å²) in [6.07, 6.45) is 2.46. The SMILES string of the molecule is CCNC(=NCc1ccc(C(=O)N(C)C)cc1)N1CCC(OCC)CC1.I. The molecular weight excluding hydrogens is 455 g/mol. The summed E-state index contributed by atoms with van der Waals surface area (Å²) < 4.78 is 5.73. The Labute approximate surface area is 180 Å². The van der Waals surface area contributed by atoms with Crippen LogP contribution in [0.5, 0.6) is 0 Å². The molecule has 0 saturated carbocycles. The van der Waals surface area contributed by atoms with Crippen LogP contribution in [0.1, 0.15) is 42.6 Å². The fourth-order valence-corrected chi connectivity index (χ4v) is 3.07. The van der Waals surface area contributed by atoms with Gasteiger partial charge in [0.25, 0.3) is 5.91 Å². The molecule has 6 nitrogen and oxygen atoms in total. The van der Waals surface area contributed by atoms with Gasteiger partial charge in [0, 0.05) is 45.9 Å². The van der Waals surface area contributed by atoms with Crippen LogP contribution in [0.3, 0.4) is 0 Å². The highest BCUT2D eigenvalue weighted by Crippen LogP contribution is 2.14. The molecule has 1 fully saturated rings. The highest BCUT2D eigenvalue weighted by atomic mass is 127. The van der Waals surface area contributed by atoms with E-state index in [1.807, 2.05) is 24.3 Å². The Bertz CT molecular complexity index is 597. The number of likely N-dealkylation sites (tertiary alicyclic amines) is 1. The van der Waals surface area contributed by atoms with E-state index < -0.39 is 0 Å². The number of aliphatic imine (C=N–C) groups is 1. The first kappa shape index (κ1) is 23.7. The number of benzene rings is 1. The maximum atomic E-state index is 12.0. The monoisotopic (exact) mass is 488 g/mol. The highest BCUT2D eigenvalue weighted by molar-refractivity contribution is 14.0. The lowest BCUT2D eigenvalue weighted by Crippen LogP contribution is -2.47. The zero-order valence-corrected chi connectivity index (χ0v) is 19.2. The minimum atomic E-state index is 0. The summed E-state index contributed by atoms with van der Waals surface area (Å²) >= 11 is 0. The normalized spacial score (nSPS) is 15.3. The van der Waals surface area contributed by atoms with E-state index >= 15 is 0 Å². The van der Waals surface area contributed by atoms with Gasteiger partial charge in [0.2, 0.25) is 0 Å². The molecule has 0 aromatic heterocycles. The molecule has 2 rings (SSSR count). The lowest BCUT2D eigenvalue weighted by atomic mass is 10.1. The first-order valence-corrected chi connectivity index (χ1v) is 9.50. The van der Waals surface area contributed by atoms with Crippen molar-refractivity contribution in [1.29, 1.82) is 0 Å². The molecule has 7 heteroatoms. The summed E-state index contributed by atoms with van der Waals surface area (Å²) in [5.74, 6) is 0.974. The molecule has 1 aliphatic heterocycles. The van der Waals surface area contributed by atoms with Gasteiger partial charge in [-0.15, -0.1) is 24.0 Å². The molecule has 1 aliphatic rings. The third-order valence-corrected chi connectivity index (χ3v) is 4.50. The highest BCUT2D eigenvalue weighted by Gasteiger charge is 2.21. The van der Waals surface area contributed by atoms with Crippen LogP contribution in [-0.2, 0) is 11.3 Å². The van der Waals surface area contributed by atoms with Crippen LogP contribution >= 0.6 is 24.0 Å². The third kappa shape index (κ3) is 7.29. The van der Waals surface area contributed by atoms with Crippen LogP contribution in [0, 0.1) is 0 Å². The maximum Gasteiger partial charge on any atom is 0.253 e. The Hall–Kier alpha value is -1.35. The number of nitrogens with zero attached hydrogens (tertiary/aromatic N) is 3. The summed E-state index contributed by atoms with van der Waals surface area (Å²) in [5.41, 5.74) is 1.80. The Morgan fingerprint density at radius 1 is 1.22 bits per heavy atom. The van der Waals surface area contributed by atoms with Crippen LogP contribution in [0.2, 0.25) is 0 Å². The molecule has 0 radical (unpaired) electrons. The smallest absolute Gasteiger partial charge is 0.253 e. The van der Waals surface area contributed by atoms with Gasteiger partial charge in [-0.1, -0.05) is 12.1 Å². The molecule has 1 amide bonds. The first-order chi connectivity index (χ1) is 12.5. The van der Waals surface area contributed by atoms with E-state index in [0.29, 0.717) is 18.2 Å².